The van der Waals surface area contributed by atoms with Gasteiger partial charge in [-0.25, -0.2) is 0 Å². The van der Waals surface area contributed by atoms with E-state index in [9.17, 15) is 0 Å². The lowest BCUT2D eigenvalue weighted by Crippen LogP contribution is -2.50. The smallest absolute Gasteiger partial charge is 0.0704 e. The molecule has 4 rings (SSSR count). The molecule has 33 heavy (non-hydrogen) atoms. The van der Waals surface area contributed by atoms with Gasteiger partial charge in [-0.1, -0.05) is 58.6 Å². The van der Waals surface area contributed by atoms with Crippen molar-refractivity contribution < 1.29 is 9.47 Å². The summed E-state index contributed by atoms with van der Waals surface area (Å²) in [6.07, 6.45) is 19.8. The molecule has 3 saturated carbocycles. The predicted molar refractivity (Wildman–Crippen MR) is 138 cm³/mol. The summed E-state index contributed by atoms with van der Waals surface area (Å²) in [7, 11) is 0. The molecule has 4 aliphatic rings. The second-order valence-corrected chi connectivity index (χ2v) is 12.9. The predicted octanol–water partition coefficient (Wildman–Crippen LogP) is 7.14. The molecule has 0 aromatic rings. The lowest BCUT2D eigenvalue weighted by molar-refractivity contribution is -0.0632. The van der Waals surface area contributed by atoms with Crippen molar-refractivity contribution in [1.29, 1.82) is 0 Å². The molecule has 0 bridgehead atoms. The molecule has 2 N–H and O–H groups in total. The zero-order chi connectivity index (χ0) is 23.5. The summed E-state index contributed by atoms with van der Waals surface area (Å²) in [5.41, 5.74) is 8.28. The van der Waals surface area contributed by atoms with E-state index in [1.807, 2.05) is 0 Å². The van der Waals surface area contributed by atoms with Gasteiger partial charge < -0.3 is 15.2 Å². The average Bonchev–Trinajstić information content (AvgIpc) is 3.13. The minimum atomic E-state index is 0.387. The van der Waals surface area contributed by atoms with Gasteiger partial charge in [-0.3, -0.25) is 0 Å². The van der Waals surface area contributed by atoms with Crippen LogP contribution in [0.5, 0.6) is 0 Å². The lowest BCUT2D eigenvalue weighted by atomic mass is 9.47. The van der Waals surface area contributed by atoms with Crippen molar-refractivity contribution in [2.24, 2.45) is 46.2 Å². The van der Waals surface area contributed by atoms with E-state index in [0.29, 0.717) is 43.3 Å². The van der Waals surface area contributed by atoms with Crippen LogP contribution in [0, 0.1) is 40.4 Å². The number of unbranched alkanes of at least 4 members (excludes halogenated alkanes) is 1. The topological polar surface area (TPSA) is 44.5 Å². The van der Waals surface area contributed by atoms with Gasteiger partial charge in [0, 0.05) is 6.54 Å². The Hall–Kier alpha value is -0.380. The second kappa shape index (κ2) is 11.1. The van der Waals surface area contributed by atoms with Gasteiger partial charge in [0.1, 0.15) is 0 Å². The van der Waals surface area contributed by atoms with Gasteiger partial charge in [0.2, 0.25) is 0 Å². The zero-order valence-electron chi connectivity index (χ0n) is 22.2. The van der Waals surface area contributed by atoms with E-state index in [1.54, 1.807) is 5.57 Å². The third kappa shape index (κ3) is 5.41. The first-order valence-corrected chi connectivity index (χ1v) is 14.5. The van der Waals surface area contributed by atoms with E-state index in [0.717, 1.165) is 36.0 Å². The number of hydrogen-bond acceptors (Lipinski definition) is 3. The van der Waals surface area contributed by atoms with Gasteiger partial charge in [0.25, 0.3) is 0 Å². The van der Waals surface area contributed by atoms with Crippen molar-refractivity contribution in [3.63, 3.8) is 0 Å². The number of rotatable bonds is 11. The van der Waals surface area contributed by atoms with Crippen LogP contribution in [0.25, 0.3) is 0 Å². The molecule has 7 atom stereocenters. The van der Waals surface area contributed by atoms with Crippen molar-refractivity contribution in [2.75, 3.05) is 26.4 Å². The maximum absolute atomic E-state index is 6.21. The van der Waals surface area contributed by atoms with Crippen LogP contribution in [0.1, 0.15) is 105 Å². The van der Waals surface area contributed by atoms with Gasteiger partial charge in [0.15, 0.2) is 0 Å². The van der Waals surface area contributed by atoms with E-state index < -0.39 is 0 Å². The van der Waals surface area contributed by atoms with Gasteiger partial charge in [-0.05, 0) is 98.2 Å². The van der Waals surface area contributed by atoms with Gasteiger partial charge in [-0.2, -0.15) is 0 Å². The van der Waals surface area contributed by atoms with Crippen LogP contribution in [0.2, 0.25) is 0 Å². The van der Waals surface area contributed by atoms with E-state index in [4.69, 9.17) is 15.2 Å². The highest BCUT2D eigenvalue weighted by Crippen LogP contribution is 2.66. The first-order valence-electron chi connectivity index (χ1n) is 14.5. The van der Waals surface area contributed by atoms with E-state index >= 15 is 0 Å². The molecule has 0 aromatic carbocycles. The van der Waals surface area contributed by atoms with Crippen LogP contribution in [-0.2, 0) is 9.47 Å². The Morgan fingerprint density at radius 2 is 1.85 bits per heavy atom. The number of fused-ring (bicyclic) bond motifs is 5. The molecule has 0 saturated heterocycles. The standard InChI is InChI=1S/C30H53NO2/c1-22(2)7-5-6-8-23-10-12-27-26-11-9-24-21-25(33-20-19-32-18-17-31)13-15-30(24,4)28(26)14-16-29(23,27)3/h9,22-23,25-28H,5-8,10-21,31H2,1-4H3. The van der Waals surface area contributed by atoms with E-state index in [-0.39, 0.29) is 0 Å². The summed E-state index contributed by atoms with van der Waals surface area (Å²) in [5, 5.41) is 0. The molecular weight excluding hydrogens is 406 g/mol. The summed E-state index contributed by atoms with van der Waals surface area (Å²) in [5.74, 6) is 4.65. The zero-order valence-corrected chi connectivity index (χ0v) is 22.2. The average molecular weight is 460 g/mol. The second-order valence-electron chi connectivity index (χ2n) is 12.9. The molecule has 7 unspecified atom stereocenters. The monoisotopic (exact) mass is 459 g/mol. The Labute approximate surface area is 204 Å². The minimum absolute atomic E-state index is 0.387. The maximum Gasteiger partial charge on any atom is 0.0704 e. The Morgan fingerprint density at radius 3 is 2.64 bits per heavy atom. The fourth-order valence-corrected chi connectivity index (χ4v) is 8.76. The highest BCUT2D eigenvalue weighted by Gasteiger charge is 2.58. The van der Waals surface area contributed by atoms with Crippen molar-refractivity contribution in [3.05, 3.63) is 11.6 Å². The molecular formula is C30H53NO2. The molecule has 0 aromatic heterocycles. The van der Waals surface area contributed by atoms with Crippen LogP contribution in [0.3, 0.4) is 0 Å². The van der Waals surface area contributed by atoms with Crippen LogP contribution in [-0.4, -0.2) is 32.5 Å². The van der Waals surface area contributed by atoms with Crippen molar-refractivity contribution in [1.82, 2.24) is 0 Å². The Balaban J connectivity index is 1.34. The largest absolute Gasteiger partial charge is 0.378 e. The molecule has 3 heteroatoms. The number of ether oxygens (including phenoxy) is 2. The van der Waals surface area contributed by atoms with Crippen LogP contribution in [0.15, 0.2) is 11.6 Å². The third-order valence-corrected chi connectivity index (χ3v) is 10.7. The summed E-state index contributed by atoms with van der Waals surface area (Å²) in [6.45, 7) is 12.7. The molecule has 0 radical (unpaired) electrons. The highest BCUT2D eigenvalue weighted by atomic mass is 16.5. The van der Waals surface area contributed by atoms with Crippen LogP contribution < -0.4 is 5.73 Å². The SMILES string of the molecule is CC(C)CCCCC1CCC2C3CC=C4CC(OCCOCCN)CCC4(C)C3CCC12C. The molecule has 0 heterocycles. The summed E-state index contributed by atoms with van der Waals surface area (Å²) >= 11 is 0. The first-order chi connectivity index (χ1) is 15.9. The molecule has 0 aliphatic heterocycles. The molecule has 190 valence electrons. The quantitative estimate of drug-likeness (QED) is 0.264. The normalized spacial score (nSPS) is 40.3. The number of hydrogen-bond donors (Lipinski definition) is 1. The molecule has 0 amide bonds. The first kappa shape index (κ1) is 25.7. The molecule has 4 aliphatic carbocycles. The fourth-order valence-electron chi connectivity index (χ4n) is 8.76. The van der Waals surface area contributed by atoms with Crippen molar-refractivity contribution in [3.8, 4) is 0 Å². The maximum atomic E-state index is 6.21. The summed E-state index contributed by atoms with van der Waals surface area (Å²) in [6, 6.07) is 0. The van der Waals surface area contributed by atoms with E-state index in [1.165, 1.54) is 70.6 Å². The molecule has 0 spiro atoms. The van der Waals surface area contributed by atoms with Gasteiger partial charge in [-0.15, -0.1) is 0 Å². The van der Waals surface area contributed by atoms with E-state index in [2.05, 4.69) is 33.8 Å². The van der Waals surface area contributed by atoms with Crippen LogP contribution in [0.4, 0.5) is 0 Å². The minimum Gasteiger partial charge on any atom is -0.378 e. The van der Waals surface area contributed by atoms with Crippen molar-refractivity contribution in [2.45, 2.75) is 111 Å². The lowest BCUT2D eigenvalue weighted by Gasteiger charge is -2.58. The Bertz CT molecular complexity index is 660. The molecule has 3 nitrogen and oxygen atoms in total. The summed E-state index contributed by atoms with van der Waals surface area (Å²) < 4.78 is 11.7. The Morgan fingerprint density at radius 1 is 1.00 bits per heavy atom. The van der Waals surface area contributed by atoms with Crippen LogP contribution >= 0.6 is 0 Å². The third-order valence-electron chi connectivity index (χ3n) is 10.7. The molecule has 3 fully saturated rings. The number of allylic oxidation sites excluding steroid dienone is 1. The fraction of sp³-hybridized carbons (Fsp3) is 0.933. The Kier molecular flexibility index (Phi) is 8.67. The number of nitrogens with two attached hydrogens (primary N) is 1. The van der Waals surface area contributed by atoms with Gasteiger partial charge >= 0.3 is 0 Å². The van der Waals surface area contributed by atoms with Crippen molar-refractivity contribution >= 4 is 0 Å². The highest BCUT2D eigenvalue weighted by molar-refractivity contribution is 5.25. The van der Waals surface area contributed by atoms with Gasteiger partial charge in [0.05, 0.1) is 25.9 Å². The summed E-state index contributed by atoms with van der Waals surface area (Å²) in [4.78, 5) is 0.